The molecule has 1 heterocycles. The third kappa shape index (κ3) is 2.88. The lowest BCUT2D eigenvalue weighted by atomic mass is 10.2. The van der Waals surface area contributed by atoms with E-state index in [4.69, 9.17) is 22.1 Å². The van der Waals surface area contributed by atoms with Gasteiger partial charge in [0.2, 0.25) is 0 Å². The van der Waals surface area contributed by atoms with E-state index in [-0.39, 0.29) is 6.10 Å². The minimum absolute atomic E-state index is 0.169. The van der Waals surface area contributed by atoms with Crippen molar-refractivity contribution in [2.45, 2.75) is 13.0 Å². The lowest BCUT2D eigenvalue weighted by Crippen LogP contribution is -2.06. The van der Waals surface area contributed by atoms with Crippen molar-refractivity contribution in [2.24, 2.45) is 0 Å². The molecule has 1 atom stereocenters. The van der Waals surface area contributed by atoms with E-state index in [0.29, 0.717) is 16.5 Å². The monoisotopic (exact) mass is 248 g/mol. The Morgan fingerprint density at radius 2 is 2.12 bits per heavy atom. The Morgan fingerprint density at radius 1 is 1.29 bits per heavy atom. The molecule has 0 saturated carbocycles. The molecule has 0 fully saturated rings. The summed E-state index contributed by atoms with van der Waals surface area (Å²) in [6.07, 6.45) is 1.56. The maximum absolute atomic E-state index is 5.90. The van der Waals surface area contributed by atoms with Gasteiger partial charge in [0.05, 0.1) is 11.4 Å². The molecule has 0 aliphatic carbocycles. The maximum Gasteiger partial charge on any atom is 0.144 e. The molecule has 0 amide bonds. The van der Waals surface area contributed by atoms with Crippen LogP contribution in [0, 0.1) is 0 Å². The lowest BCUT2D eigenvalue weighted by molar-refractivity contribution is 0.223. The van der Waals surface area contributed by atoms with E-state index >= 15 is 0 Å². The predicted molar refractivity (Wildman–Crippen MR) is 69.1 cm³/mol. The van der Waals surface area contributed by atoms with Crippen LogP contribution in [0.5, 0.6) is 5.75 Å². The summed E-state index contributed by atoms with van der Waals surface area (Å²) in [5, 5.41) is 0.599. The molecular weight excluding hydrogens is 236 g/mol. The number of halogens is 1. The minimum Gasteiger partial charge on any atom is -0.482 e. The van der Waals surface area contributed by atoms with E-state index < -0.39 is 0 Å². The summed E-state index contributed by atoms with van der Waals surface area (Å²) in [5.74, 6) is 0.579. The van der Waals surface area contributed by atoms with Gasteiger partial charge >= 0.3 is 0 Å². The number of pyridine rings is 1. The molecule has 0 spiro atoms. The van der Waals surface area contributed by atoms with E-state index in [0.717, 1.165) is 5.69 Å². The van der Waals surface area contributed by atoms with Gasteiger partial charge in [0.15, 0.2) is 0 Å². The molecule has 2 rings (SSSR count). The van der Waals surface area contributed by atoms with E-state index in [1.165, 1.54) is 0 Å². The number of aromatic nitrogens is 1. The van der Waals surface area contributed by atoms with Gasteiger partial charge in [0.1, 0.15) is 11.9 Å². The Morgan fingerprint density at radius 3 is 2.82 bits per heavy atom. The molecule has 2 aromatic rings. The molecule has 88 valence electrons. The molecule has 2 N–H and O–H groups in total. The maximum atomic E-state index is 5.90. The standard InChI is InChI=1S/C13H13ClN2O/c1-9(12-4-2-3-7-16-12)17-13-8-10(14)5-6-11(13)15/h2-9H,15H2,1H3. The number of hydrogen-bond donors (Lipinski definition) is 1. The fourth-order valence-electron chi connectivity index (χ4n) is 1.48. The van der Waals surface area contributed by atoms with Gasteiger partial charge in [0, 0.05) is 17.3 Å². The number of rotatable bonds is 3. The third-order valence-electron chi connectivity index (χ3n) is 2.38. The predicted octanol–water partition coefficient (Wildman–Crippen LogP) is 3.46. The largest absolute Gasteiger partial charge is 0.482 e. The Kier molecular flexibility index (Phi) is 3.49. The van der Waals surface area contributed by atoms with Gasteiger partial charge < -0.3 is 10.5 Å². The van der Waals surface area contributed by atoms with Gasteiger partial charge in [-0.15, -0.1) is 0 Å². The summed E-state index contributed by atoms with van der Waals surface area (Å²) >= 11 is 5.90. The van der Waals surface area contributed by atoms with E-state index in [1.54, 1.807) is 24.4 Å². The number of ether oxygens (including phenoxy) is 1. The first-order valence-corrected chi connectivity index (χ1v) is 5.67. The highest BCUT2D eigenvalue weighted by Crippen LogP contribution is 2.29. The SMILES string of the molecule is CC(Oc1cc(Cl)ccc1N)c1ccccn1. The summed E-state index contributed by atoms with van der Waals surface area (Å²) in [4.78, 5) is 4.23. The number of nitrogens with zero attached hydrogens (tertiary/aromatic N) is 1. The normalized spacial score (nSPS) is 12.1. The highest BCUT2D eigenvalue weighted by molar-refractivity contribution is 6.30. The Labute approximate surface area is 105 Å². The average molecular weight is 249 g/mol. The molecular formula is C13H13ClN2O. The molecule has 0 aliphatic heterocycles. The fraction of sp³-hybridized carbons (Fsp3) is 0.154. The van der Waals surface area contributed by atoms with E-state index in [2.05, 4.69) is 4.98 Å². The third-order valence-corrected chi connectivity index (χ3v) is 2.62. The second-order valence-electron chi connectivity index (χ2n) is 3.70. The minimum atomic E-state index is -0.169. The summed E-state index contributed by atoms with van der Waals surface area (Å²) < 4.78 is 5.74. The number of nitrogens with two attached hydrogens (primary N) is 1. The van der Waals surface area contributed by atoms with Crippen LogP contribution in [0.3, 0.4) is 0 Å². The number of nitrogen functional groups attached to an aromatic ring is 1. The zero-order valence-electron chi connectivity index (χ0n) is 9.43. The first-order valence-electron chi connectivity index (χ1n) is 5.29. The number of hydrogen-bond acceptors (Lipinski definition) is 3. The second kappa shape index (κ2) is 5.06. The quantitative estimate of drug-likeness (QED) is 0.847. The van der Waals surface area contributed by atoms with Crippen LogP contribution in [-0.4, -0.2) is 4.98 Å². The van der Waals surface area contributed by atoms with Crippen LogP contribution in [0.25, 0.3) is 0 Å². The van der Waals surface area contributed by atoms with Gasteiger partial charge in [-0.05, 0) is 31.2 Å². The van der Waals surface area contributed by atoms with Crippen LogP contribution in [0.15, 0.2) is 42.6 Å². The number of anilines is 1. The van der Waals surface area contributed by atoms with Gasteiger partial charge in [-0.1, -0.05) is 17.7 Å². The van der Waals surface area contributed by atoms with Gasteiger partial charge in [-0.3, -0.25) is 4.98 Å². The van der Waals surface area contributed by atoms with Crippen molar-refractivity contribution in [3.8, 4) is 5.75 Å². The van der Waals surface area contributed by atoms with Gasteiger partial charge in [0.25, 0.3) is 0 Å². The summed E-state index contributed by atoms with van der Waals surface area (Å²) in [5.41, 5.74) is 7.23. The summed E-state index contributed by atoms with van der Waals surface area (Å²) in [7, 11) is 0. The van der Waals surface area contributed by atoms with Crippen LogP contribution in [-0.2, 0) is 0 Å². The first-order chi connectivity index (χ1) is 8.16. The van der Waals surface area contributed by atoms with Gasteiger partial charge in [-0.2, -0.15) is 0 Å². The number of benzene rings is 1. The average Bonchev–Trinajstić information content (AvgIpc) is 2.35. The molecule has 0 bridgehead atoms. The molecule has 3 nitrogen and oxygen atoms in total. The second-order valence-corrected chi connectivity index (χ2v) is 4.13. The molecule has 4 heteroatoms. The van der Waals surface area contributed by atoms with Crippen molar-refractivity contribution in [3.63, 3.8) is 0 Å². The van der Waals surface area contributed by atoms with Crippen LogP contribution in [0.1, 0.15) is 18.7 Å². The van der Waals surface area contributed by atoms with E-state index in [9.17, 15) is 0 Å². The van der Waals surface area contributed by atoms with Crippen molar-refractivity contribution < 1.29 is 4.74 Å². The van der Waals surface area contributed by atoms with Crippen molar-refractivity contribution in [3.05, 3.63) is 53.3 Å². The molecule has 0 radical (unpaired) electrons. The van der Waals surface area contributed by atoms with Crippen molar-refractivity contribution in [1.82, 2.24) is 4.98 Å². The summed E-state index contributed by atoms with van der Waals surface area (Å²) in [6, 6.07) is 10.9. The van der Waals surface area contributed by atoms with Crippen molar-refractivity contribution in [2.75, 3.05) is 5.73 Å². The fourth-order valence-corrected chi connectivity index (χ4v) is 1.64. The smallest absolute Gasteiger partial charge is 0.144 e. The highest BCUT2D eigenvalue weighted by Gasteiger charge is 2.10. The zero-order chi connectivity index (χ0) is 12.3. The topological polar surface area (TPSA) is 48.1 Å². The molecule has 1 aromatic heterocycles. The Balaban J connectivity index is 2.18. The zero-order valence-corrected chi connectivity index (χ0v) is 10.2. The molecule has 1 aromatic carbocycles. The molecule has 1 unspecified atom stereocenters. The summed E-state index contributed by atoms with van der Waals surface area (Å²) in [6.45, 7) is 1.92. The Bertz CT molecular complexity index is 502. The molecule has 17 heavy (non-hydrogen) atoms. The van der Waals surface area contributed by atoms with Crippen molar-refractivity contribution in [1.29, 1.82) is 0 Å². The van der Waals surface area contributed by atoms with Crippen molar-refractivity contribution >= 4 is 17.3 Å². The molecule has 0 saturated heterocycles. The van der Waals surface area contributed by atoms with E-state index in [1.807, 2.05) is 25.1 Å². The van der Waals surface area contributed by atoms with Crippen LogP contribution >= 0.6 is 11.6 Å². The van der Waals surface area contributed by atoms with Gasteiger partial charge in [-0.25, -0.2) is 0 Å². The molecule has 0 aliphatic rings. The van der Waals surface area contributed by atoms with Crippen LogP contribution in [0.4, 0.5) is 5.69 Å². The van der Waals surface area contributed by atoms with Crippen LogP contribution < -0.4 is 10.5 Å². The highest BCUT2D eigenvalue weighted by atomic mass is 35.5. The first kappa shape index (κ1) is 11.7. The lowest BCUT2D eigenvalue weighted by Gasteiger charge is -2.15. The van der Waals surface area contributed by atoms with Crippen LogP contribution in [0.2, 0.25) is 5.02 Å². The Hall–Kier alpha value is -1.74.